The molecule has 120 valence electrons. The molecule has 2 aromatic rings. The van der Waals surface area contributed by atoms with Crippen molar-refractivity contribution in [3.05, 3.63) is 64.7 Å². The molecule has 0 aromatic heterocycles. The molecule has 5 heteroatoms. The van der Waals surface area contributed by atoms with Crippen LogP contribution in [0.3, 0.4) is 0 Å². The monoisotopic (exact) mass is 374 g/mol. The molecular formula is C18H19BrN2O2. The fourth-order valence-corrected chi connectivity index (χ4v) is 2.20. The quantitative estimate of drug-likeness (QED) is 0.684. The molecule has 0 saturated heterocycles. The molecular weight excluding hydrogens is 356 g/mol. The average molecular weight is 375 g/mol. The standard InChI is InChI=1S/C18H19BrN2O2/c1-13(2)10-11-23-15-7-5-6-14(12-15)20-18(22)21-17-9-4-3-8-16(17)19/h3-10,12H,11H2,1-2H3,(H2,20,21,22). The summed E-state index contributed by atoms with van der Waals surface area (Å²) in [7, 11) is 0. The summed E-state index contributed by atoms with van der Waals surface area (Å²) in [6, 6.07) is 14.4. The third-order valence-corrected chi connectivity index (χ3v) is 3.65. The van der Waals surface area contributed by atoms with E-state index in [1.165, 1.54) is 5.57 Å². The van der Waals surface area contributed by atoms with Crippen LogP contribution < -0.4 is 15.4 Å². The number of allylic oxidation sites excluding steroid dienone is 1. The van der Waals surface area contributed by atoms with Crippen molar-refractivity contribution in [2.24, 2.45) is 0 Å². The molecule has 4 nitrogen and oxygen atoms in total. The van der Waals surface area contributed by atoms with Crippen molar-refractivity contribution < 1.29 is 9.53 Å². The van der Waals surface area contributed by atoms with Gasteiger partial charge in [0.25, 0.3) is 0 Å². The van der Waals surface area contributed by atoms with Crippen LogP contribution in [0.25, 0.3) is 0 Å². The molecule has 0 bridgehead atoms. The van der Waals surface area contributed by atoms with Gasteiger partial charge < -0.3 is 15.4 Å². The van der Waals surface area contributed by atoms with E-state index in [0.717, 1.165) is 4.47 Å². The third-order valence-electron chi connectivity index (χ3n) is 2.96. The largest absolute Gasteiger partial charge is 0.489 e. The number of amides is 2. The molecule has 2 aromatic carbocycles. The minimum atomic E-state index is -0.307. The lowest BCUT2D eigenvalue weighted by atomic mass is 10.3. The number of ether oxygens (including phenoxy) is 1. The van der Waals surface area contributed by atoms with Crippen LogP contribution in [-0.2, 0) is 0 Å². The van der Waals surface area contributed by atoms with E-state index in [9.17, 15) is 4.79 Å². The van der Waals surface area contributed by atoms with E-state index in [1.807, 2.05) is 62.4 Å². The maximum atomic E-state index is 12.1. The maximum Gasteiger partial charge on any atom is 0.323 e. The van der Waals surface area contributed by atoms with Gasteiger partial charge in [0.15, 0.2) is 0 Å². The van der Waals surface area contributed by atoms with Crippen molar-refractivity contribution in [3.63, 3.8) is 0 Å². The van der Waals surface area contributed by atoms with Gasteiger partial charge >= 0.3 is 6.03 Å². The second-order valence-corrected chi connectivity index (χ2v) is 6.03. The van der Waals surface area contributed by atoms with Crippen LogP contribution >= 0.6 is 15.9 Å². The number of hydrogen-bond acceptors (Lipinski definition) is 2. The highest BCUT2D eigenvalue weighted by atomic mass is 79.9. The van der Waals surface area contributed by atoms with E-state index >= 15 is 0 Å². The summed E-state index contributed by atoms with van der Waals surface area (Å²) >= 11 is 3.39. The molecule has 0 aliphatic rings. The first-order valence-electron chi connectivity index (χ1n) is 7.23. The topological polar surface area (TPSA) is 50.4 Å². The van der Waals surface area contributed by atoms with Crippen molar-refractivity contribution in [1.82, 2.24) is 0 Å². The predicted molar refractivity (Wildman–Crippen MR) is 98.2 cm³/mol. The summed E-state index contributed by atoms with van der Waals surface area (Å²) in [5.41, 5.74) is 2.58. The van der Waals surface area contributed by atoms with Crippen LogP contribution in [0, 0.1) is 0 Å². The second kappa shape index (κ2) is 8.39. The maximum absolute atomic E-state index is 12.1. The molecule has 0 fully saturated rings. The fourth-order valence-electron chi connectivity index (χ4n) is 1.82. The van der Waals surface area contributed by atoms with Crippen molar-refractivity contribution in [3.8, 4) is 5.75 Å². The van der Waals surface area contributed by atoms with E-state index in [4.69, 9.17) is 4.74 Å². The molecule has 2 N–H and O–H groups in total. The SMILES string of the molecule is CC(C)=CCOc1cccc(NC(=O)Nc2ccccc2Br)c1. The first-order valence-corrected chi connectivity index (χ1v) is 8.02. The van der Waals surface area contributed by atoms with Crippen LogP contribution in [0.1, 0.15) is 13.8 Å². The Bertz CT molecular complexity index is 710. The number of para-hydroxylation sites is 1. The zero-order valence-electron chi connectivity index (χ0n) is 13.1. The number of carbonyl (C=O) groups is 1. The van der Waals surface area contributed by atoms with Gasteiger partial charge in [0.2, 0.25) is 0 Å². The van der Waals surface area contributed by atoms with Crippen LogP contribution in [0.4, 0.5) is 16.2 Å². The molecule has 0 atom stereocenters. The normalized spacial score (nSPS) is 9.87. The Morgan fingerprint density at radius 3 is 2.65 bits per heavy atom. The Balaban J connectivity index is 1.96. The highest BCUT2D eigenvalue weighted by Gasteiger charge is 2.05. The van der Waals surface area contributed by atoms with E-state index in [2.05, 4.69) is 26.6 Å². The molecule has 2 amide bonds. The molecule has 0 aliphatic carbocycles. The van der Waals surface area contributed by atoms with Gasteiger partial charge in [-0.25, -0.2) is 4.79 Å². The molecule has 0 spiro atoms. The van der Waals surface area contributed by atoms with Gasteiger partial charge in [0, 0.05) is 16.2 Å². The predicted octanol–water partition coefficient (Wildman–Crippen LogP) is 5.44. The summed E-state index contributed by atoms with van der Waals surface area (Å²) in [5, 5.41) is 5.58. The number of carbonyl (C=O) groups excluding carboxylic acids is 1. The summed E-state index contributed by atoms with van der Waals surface area (Å²) in [6.45, 7) is 4.55. The highest BCUT2D eigenvalue weighted by Crippen LogP contribution is 2.22. The number of rotatable bonds is 5. The number of hydrogen-bond donors (Lipinski definition) is 2. The number of benzene rings is 2. The van der Waals surface area contributed by atoms with Crippen LogP contribution in [0.2, 0.25) is 0 Å². The number of urea groups is 1. The Kier molecular flexibility index (Phi) is 6.23. The van der Waals surface area contributed by atoms with Crippen molar-refractivity contribution >= 4 is 33.3 Å². The van der Waals surface area contributed by atoms with E-state index in [1.54, 1.807) is 6.07 Å². The van der Waals surface area contributed by atoms with Crippen molar-refractivity contribution in [2.45, 2.75) is 13.8 Å². The Morgan fingerprint density at radius 2 is 1.91 bits per heavy atom. The number of halogens is 1. The van der Waals surface area contributed by atoms with E-state index < -0.39 is 0 Å². The van der Waals surface area contributed by atoms with E-state index in [0.29, 0.717) is 23.7 Å². The summed E-state index contributed by atoms with van der Waals surface area (Å²) in [5.74, 6) is 0.709. The molecule has 2 rings (SSSR count). The second-order valence-electron chi connectivity index (χ2n) is 5.18. The van der Waals surface area contributed by atoms with Gasteiger partial charge in [0.1, 0.15) is 12.4 Å². The Morgan fingerprint density at radius 1 is 1.13 bits per heavy atom. The van der Waals surface area contributed by atoms with Crippen LogP contribution in [0.15, 0.2) is 64.7 Å². The Labute approximate surface area is 144 Å². The third kappa shape index (κ3) is 5.79. The van der Waals surface area contributed by atoms with Crippen molar-refractivity contribution in [1.29, 1.82) is 0 Å². The molecule has 0 radical (unpaired) electrons. The smallest absolute Gasteiger partial charge is 0.323 e. The van der Waals surface area contributed by atoms with Crippen LogP contribution in [0.5, 0.6) is 5.75 Å². The molecule has 0 aliphatic heterocycles. The van der Waals surface area contributed by atoms with Crippen LogP contribution in [-0.4, -0.2) is 12.6 Å². The lowest BCUT2D eigenvalue weighted by Gasteiger charge is -2.10. The number of anilines is 2. The highest BCUT2D eigenvalue weighted by molar-refractivity contribution is 9.10. The van der Waals surface area contributed by atoms with Gasteiger partial charge in [-0.2, -0.15) is 0 Å². The molecule has 0 heterocycles. The molecule has 0 saturated carbocycles. The lowest BCUT2D eigenvalue weighted by Crippen LogP contribution is -2.19. The first kappa shape index (κ1) is 17.1. The van der Waals surface area contributed by atoms with Gasteiger partial charge in [0.05, 0.1) is 5.69 Å². The Hall–Kier alpha value is -2.27. The average Bonchev–Trinajstić information content (AvgIpc) is 2.49. The summed E-state index contributed by atoms with van der Waals surface area (Å²) < 4.78 is 6.45. The van der Waals surface area contributed by atoms with E-state index in [-0.39, 0.29) is 6.03 Å². The summed E-state index contributed by atoms with van der Waals surface area (Å²) in [6.07, 6.45) is 2.00. The minimum absolute atomic E-state index is 0.307. The zero-order chi connectivity index (χ0) is 16.7. The van der Waals surface area contributed by atoms with Gasteiger partial charge in [-0.1, -0.05) is 23.8 Å². The first-order chi connectivity index (χ1) is 11.0. The van der Waals surface area contributed by atoms with Gasteiger partial charge in [-0.05, 0) is 60.1 Å². The minimum Gasteiger partial charge on any atom is -0.489 e. The molecule has 23 heavy (non-hydrogen) atoms. The zero-order valence-corrected chi connectivity index (χ0v) is 14.7. The summed E-state index contributed by atoms with van der Waals surface area (Å²) in [4.78, 5) is 12.1. The van der Waals surface area contributed by atoms with Gasteiger partial charge in [-0.15, -0.1) is 0 Å². The fraction of sp³-hybridized carbons (Fsp3) is 0.167. The molecule has 0 unspecified atom stereocenters. The lowest BCUT2D eigenvalue weighted by molar-refractivity contribution is 0.262. The number of nitrogens with one attached hydrogen (secondary N) is 2. The van der Waals surface area contributed by atoms with Crippen molar-refractivity contribution in [2.75, 3.05) is 17.2 Å². The van der Waals surface area contributed by atoms with Gasteiger partial charge in [-0.3, -0.25) is 0 Å².